The van der Waals surface area contributed by atoms with Crippen molar-refractivity contribution in [1.29, 1.82) is 0 Å². The third-order valence-electron chi connectivity index (χ3n) is 2.24. The highest BCUT2D eigenvalue weighted by Gasteiger charge is 2.25. The van der Waals surface area contributed by atoms with E-state index in [9.17, 15) is 13.2 Å². The molecule has 0 atom stereocenters. The van der Waals surface area contributed by atoms with E-state index in [-0.39, 0.29) is 0 Å². The molecule has 2 rings (SSSR count). The SMILES string of the molecule is COC(=O)c1cc(C)c2c(c1)NS(=O)(=O)N2. The van der Waals surface area contributed by atoms with Gasteiger partial charge in [-0.15, -0.1) is 0 Å². The number of methoxy groups -OCH3 is 1. The van der Waals surface area contributed by atoms with Gasteiger partial charge in [-0.1, -0.05) is 0 Å². The predicted molar refractivity (Wildman–Crippen MR) is 58.7 cm³/mol. The molecule has 1 aliphatic rings. The number of ether oxygens (including phenoxy) is 1. The lowest BCUT2D eigenvalue weighted by Gasteiger charge is -2.04. The molecule has 0 radical (unpaired) electrons. The van der Waals surface area contributed by atoms with Crippen LogP contribution in [0.1, 0.15) is 15.9 Å². The topological polar surface area (TPSA) is 84.5 Å². The summed E-state index contributed by atoms with van der Waals surface area (Å²) in [7, 11) is -2.26. The van der Waals surface area contributed by atoms with E-state index in [1.807, 2.05) is 0 Å². The van der Waals surface area contributed by atoms with E-state index in [1.165, 1.54) is 13.2 Å². The van der Waals surface area contributed by atoms with Crippen molar-refractivity contribution in [1.82, 2.24) is 0 Å². The number of benzene rings is 1. The molecule has 0 fully saturated rings. The smallest absolute Gasteiger partial charge is 0.337 e. The standard InChI is InChI=1S/C9H10N2O4S/c1-5-3-6(9(12)15-2)4-7-8(5)11-16(13,14)10-7/h3-4,10-11H,1-2H3. The predicted octanol–water partition coefficient (Wildman–Crippen LogP) is 0.864. The lowest BCUT2D eigenvalue weighted by atomic mass is 10.1. The van der Waals surface area contributed by atoms with E-state index in [1.54, 1.807) is 13.0 Å². The second-order valence-corrected chi connectivity index (χ2v) is 4.83. The number of rotatable bonds is 1. The number of hydrogen-bond acceptors (Lipinski definition) is 4. The summed E-state index contributed by atoms with van der Waals surface area (Å²) in [5.74, 6) is -0.503. The minimum atomic E-state index is -3.53. The lowest BCUT2D eigenvalue weighted by Crippen LogP contribution is -2.13. The maximum absolute atomic E-state index is 11.3. The van der Waals surface area contributed by atoms with Gasteiger partial charge in [0.2, 0.25) is 0 Å². The van der Waals surface area contributed by atoms with Crippen LogP contribution in [0.25, 0.3) is 0 Å². The van der Waals surface area contributed by atoms with Gasteiger partial charge in [-0.25, -0.2) is 4.79 Å². The lowest BCUT2D eigenvalue weighted by molar-refractivity contribution is 0.0600. The van der Waals surface area contributed by atoms with Crippen LogP contribution in [0.5, 0.6) is 0 Å². The van der Waals surface area contributed by atoms with Gasteiger partial charge >= 0.3 is 16.2 Å². The Morgan fingerprint density at radius 1 is 1.31 bits per heavy atom. The first-order valence-corrected chi connectivity index (χ1v) is 5.95. The number of carbonyl (C=O) groups is 1. The maximum atomic E-state index is 11.3. The summed E-state index contributed by atoms with van der Waals surface area (Å²) in [4.78, 5) is 11.3. The third kappa shape index (κ3) is 1.69. The molecule has 86 valence electrons. The van der Waals surface area contributed by atoms with Crippen LogP contribution in [-0.4, -0.2) is 21.5 Å². The minimum Gasteiger partial charge on any atom is -0.465 e. The highest BCUT2D eigenvalue weighted by molar-refractivity contribution is 7.94. The van der Waals surface area contributed by atoms with Crippen molar-refractivity contribution < 1.29 is 17.9 Å². The zero-order valence-corrected chi connectivity index (χ0v) is 9.51. The number of fused-ring (bicyclic) bond motifs is 1. The fraction of sp³-hybridized carbons (Fsp3) is 0.222. The molecule has 0 saturated heterocycles. The second-order valence-electron chi connectivity index (χ2n) is 3.41. The molecule has 7 heteroatoms. The first-order chi connectivity index (χ1) is 7.43. The van der Waals surface area contributed by atoms with Crippen molar-refractivity contribution in [2.45, 2.75) is 6.92 Å². The van der Waals surface area contributed by atoms with Gasteiger partial charge in [-0.3, -0.25) is 9.44 Å². The first kappa shape index (κ1) is 10.7. The Morgan fingerprint density at radius 3 is 2.62 bits per heavy atom. The van der Waals surface area contributed by atoms with E-state index < -0.39 is 16.2 Å². The van der Waals surface area contributed by atoms with Crippen LogP contribution in [-0.2, 0) is 14.9 Å². The zero-order chi connectivity index (χ0) is 11.9. The van der Waals surface area contributed by atoms with E-state index in [0.717, 1.165) is 0 Å². The molecule has 1 aliphatic heterocycles. The molecule has 1 aromatic carbocycles. The van der Waals surface area contributed by atoms with E-state index in [0.29, 0.717) is 22.5 Å². The van der Waals surface area contributed by atoms with E-state index >= 15 is 0 Å². The zero-order valence-electron chi connectivity index (χ0n) is 8.70. The van der Waals surface area contributed by atoms with Gasteiger partial charge < -0.3 is 4.74 Å². The average Bonchev–Trinajstić information content (AvgIpc) is 2.52. The Kier molecular flexibility index (Phi) is 2.27. The van der Waals surface area contributed by atoms with Gasteiger partial charge in [-0.2, -0.15) is 8.42 Å². The molecule has 0 bridgehead atoms. The minimum absolute atomic E-state index is 0.310. The van der Waals surface area contributed by atoms with Crippen molar-refractivity contribution in [3.05, 3.63) is 23.3 Å². The molecular weight excluding hydrogens is 232 g/mol. The van der Waals surface area contributed by atoms with Crippen molar-refractivity contribution in [2.75, 3.05) is 16.6 Å². The van der Waals surface area contributed by atoms with E-state index in [2.05, 4.69) is 14.2 Å². The molecule has 0 aliphatic carbocycles. The van der Waals surface area contributed by atoms with E-state index in [4.69, 9.17) is 0 Å². The van der Waals surface area contributed by atoms with Crippen molar-refractivity contribution in [3.8, 4) is 0 Å². The van der Waals surface area contributed by atoms with Gasteiger partial charge in [-0.05, 0) is 24.6 Å². The van der Waals surface area contributed by atoms with Crippen LogP contribution in [0.4, 0.5) is 11.4 Å². The Labute approximate surface area is 92.8 Å². The molecule has 0 amide bonds. The summed E-state index contributed by atoms with van der Waals surface area (Å²) in [5.41, 5.74) is 1.80. The Balaban J connectivity index is 2.54. The molecule has 0 unspecified atom stereocenters. The Morgan fingerprint density at radius 2 is 2.00 bits per heavy atom. The van der Waals surface area contributed by atoms with Crippen molar-refractivity contribution >= 4 is 27.6 Å². The molecule has 2 N–H and O–H groups in total. The number of hydrogen-bond donors (Lipinski definition) is 2. The molecule has 1 aromatic rings. The van der Waals surface area contributed by atoms with Crippen LogP contribution in [0.3, 0.4) is 0 Å². The van der Waals surface area contributed by atoms with Crippen molar-refractivity contribution in [2.24, 2.45) is 0 Å². The molecule has 16 heavy (non-hydrogen) atoms. The number of anilines is 2. The summed E-state index contributed by atoms with van der Waals surface area (Å²) in [6, 6.07) is 3.01. The third-order valence-corrected chi connectivity index (χ3v) is 3.20. The van der Waals surface area contributed by atoms with Crippen LogP contribution in [0.2, 0.25) is 0 Å². The quantitative estimate of drug-likeness (QED) is 0.715. The number of aryl methyl sites for hydroxylation is 1. The normalized spacial score (nSPS) is 15.9. The van der Waals surface area contributed by atoms with Gasteiger partial charge in [0.15, 0.2) is 0 Å². The van der Waals surface area contributed by atoms with Crippen LogP contribution >= 0.6 is 0 Å². The van der Waals surface area contributed by atoms with Crippen LogP contribution in [0.15, 0.2) is 12.1 Å². The fourth-order valence-corrected chi connectivity index (χ4v) is 2.58. The summed E-state index contributed by atoms with van der Waals surface area (Å²) in [6.07, 6.45) is 0. The monoisotopic (exact) mass is 242 g/mol. The second kappa shape index (κ2) is 3.38. The van der Waals surface area contributed by atoms with Crippen molar-refractivity contribution in [3.63, 3.8) is 0 Å². The Hall–Kier alpha value is -1.76. The Bertz CT molecular complexity index is 565. The molecule has 0 aromatic heterocycles. The van der Waals surface area contributed by atoms with Crippen LogP contribution in [0, 0.1) is 6.92 Å². The summed E-state index contributed by atoms with van der Waals surface area (Å²) in [5, 5.41) is 0. The average molecular weight is 242 g/mol. The summed E-state index contributed by atoms with van der Waals surface area (Å²) < 4.78 is 31.7. The van der Waals surface area contributed by atoms with Gasteiger partial charge in [0.1, 0.15) is 0 Å². The van der Waals surface area contributed by atoms with Gasteiger partial charge in [0.25, 0.3) is 0 Å². The van der Waals surface area contributed by atoms with Crippen LogP contribution < -0.4 is 9.44 Å². The summed E-state index contributed by atoms with van der Waals surface area (Å²) >= 11 is 0. The van der Waals surface area contributed by atoms with Gasteiger partial charge in [0, 0.05) is 0 Å². The molecule has 1 heterocycles. The number of nitrogens with one attached hydrogen (secondary N) is 2. The molecule has 6 nitrogen and oxygen atoms in total. The maximum Gasteiger partial charge on any atom is 0.337 e. The highest BCUT2D eigenvalue weighted by atomic mass is 32.2. The largest absolute Gasteiger partial charge is 0.465 e. The molecule has 0 saturated carbocycles. The molecule has 0 spiro atoms. The summed E-state index contributed by atoms with van der Waals surface area (Å²) in [6.45, 7) is 1.71. The number of esters is 1. The fourth-order valence-electron chi connectivity index (χ4n) is 1.54. The highest BCUT2D eigenvalue weighted by Crippen LogP contribution is 2.34. The van der Waals surface area contributed by atoms with Gasteiger partial charge in [0.05, 0.1) is 24.0 Å². The number of carbonyl (C=O) groups excluding carboxylic acids is 1. The first-order valence-electron chi connectivity index (χ1n) is 4.46. The molecular formula is C9H10N2O4S.